The molecule has 1 aliphatic heterocycles. The number of benzene rings is 2. The first-order valence-corrected chi connectivity index (χ1v) is 9.66. The summed E-state index contributed by atoms with van der Waals surface area (Å²) in [4.78, 5) is 26.8. The lowest BCUT2D eigenvalue weighted by molar-refractivity contribution is -0.128. The SMILES string of the molecule is CCOc1ccc(C=C2CN(C(C)=O)CCC(=Cc3ccc(F)cc3)C2=O)cc1. The standard InChI is InChI=1S/C24H24FNO3/c1-3-29-23-10-6-19(7-11-23)15-21-16-26(17(2)27)13-12-20(24(21)28)14-18-4-8-22(25)9-5-18/h4-11,14-15H,3,12-13,16H2,1-2H3. The smallest absolute Gasteiger partial charge is 0.219 e. The molecule has 0 spiro atoms. The molecule has 4 nitrogen and oxygen atoms in total. The maximum Gasteiger partial charge on any atom is 0.219 e. The summed E-state index contributed by atoms with van der Waals surface area (Å²) < 4.78 is 18.6. The van der Waals surface area contributed by atoms with E-state index in [-0.39, 0.29) is 24.1 Å². The minimum absolute atomic E-state index is 0.0709. The highest BCUT2D eigenvalue weighted by Crippen LogP contribution is 2.23. The van der Waals surface area contributed by atoms with Crippen LogP contribution < -0.4 is 4.74 Å². The minimum atomic E-state index is -0.321. The number of ketones is 1. The topological polar surface area (TPSA) is 46.6 Å². The van der Waals surface area contributed by atoms with Gasteiger partial charge in [0.15, 0.2) is 5.78 Å². The Bertz CT molecular complexity index is 943. The number of nitrogens with zero attached hydrogens (tertiary/aromatic N) is 1. The molecule has 1 heterocycles. The lowest BCUT2D eigenvalue weighted by Gasteiger charge is -2.18. The molecule has 2 aromatic rings. The van der Waals surface area contributed by atoms with Gasteiger partial charge in [0.1, 0.15) is 11.6 Å². The first-order chi connectivity index (χ1) is 14.0. The van der Waals surface area contributed by atoms with Crippen molar-refractivity contribution in [2.75, 3.05) is 19.7 Å². The van der Waals surface area contributed by atoms with Crippen molar-refractivity contribution >= 4 is 23.8 Å². The van der Waals surface area contributed by atoms with E-state index >= 15 is 0 Å². The van der Waals surface area contributed by atoms with E-state index in [0.29, 0.717) is 30.7 Å². The number of hydrogen-bond donors (Lipinski definition) is 0. The van der Waals surface area contributed by atoms with E-state index < -0.39 is 0 Å². The Morgan fingerprint density at radius 1 is 1.03 bits per heavy atom. The fourth-order valence-electron chi connectivity index (χ4n) is 3.24. The molecule has 0 radical (unpaired) electrons. The van der Waals surface area contributed by atoms with Gasteiger partial charge in [-0.05, 0) is 60.9 Å². The van der Waals surface area contributed by atoms with Crippen LogP contribution in [0, 0.1) is 5.82 Å². The van der Waals surface area contributed by atoms with Crippen molar-refractivity contribution in [3.8, 4) is 5.75 Å². The number of rotatable bonds is 4. The molecule has 2 aromatic carbocycles. The second kappa shape index (κ2) is 9.32. The highest BCUT2D eigenvalue weighted by atomic mass is 19.1. The van der Waals surface area contributed by atoms with Gasteiger partial charge in [-0.2, -0.15) is 0 Å². The highest BCUT2D eigenvalue weighted by molar-refractivity contribution is 6.14. The van der Waals surface area contributed by atoms with E-state index in [1.807, 2.05) is 37.3 Å². The van der Waals surface area contributed by atoms with Crippen LogP contribution in [0.5, 0.6) is 5.75 Å². The van der Waals surface area contributed by atoms with Crippen LogP contribution in [-0.2, 0) is 9.59 Å². The van der Waals surface area contributed by atoms with Crippen molar-refractivity contribution in [1.29, 1.82) is 0 Å². The first kappa shape index (κ1) is 20.5. The Balaban J connectivity index is 1.94. The average Bonchev–Trinajstić information content (AvgIpc) is 2.85. The van der Waals surface area contributed by atoms with Crippen LogP contribution in [0.3, 0.4) is 0 Å². The lowest BCUT2D eigenvalue weighted by atomic mass is 9.98. The number of carbonyl (C=O) groups excluding carboxylic acids is 2. The molecule has 3 rings (SSSR count). The van der Waals surface area contributed by atoms with Crippen LogP contribution in [0.25, 0.3) is 12.2 Å². The first-order valence-electron chi connectivity index (χ1n) is 9.66. The molecule has 0 bridgehead atoms. The van der Waals surface area contributed by atoms with E-state index in [4.69, 9.17) is 4.74 Å². The molecule has 0 saturated carbocycles. The van der Waals surface area contributed by atoms with Crippen LogP contribution in [-0.4, -0.2) is 36.3 Å². The molecular weight excluding hydrogens is 369 g/mol. The average molecular weight is 393 g/mol. The molecule has 1 aliphatic rings. The predicted octanol–water partition coefficient (Wildman–Crippen LogP) is 4.51. The molecule has 0 unspecified atom stereocenters. The zero-order chi connectivity index (χ0) is 20.8. The number of amides is 1. The lowest BCUT2D eigenvalue weighted by Crippen LogP contribution is -2.30. The van der Waals surface area contributed by atoms with E-state index in [2.05, 4.69) is 0 Å². The van der Waals surface area contributed by atoms with Crippen molar-refractivity contribution in [1.82, 2.24) is 4.90 Å². The number of carbonyl (C=O) groups is 2. The van der Waals surface area contributed by atoms with Gasteiger partial charge in [0.05, 0.1) is 6.61 Å². The number of ether oxygens (including phenoxy) is 1. The normalized spacial score (nSPS) is 17.5. The third kappa shape index (κ3) is 5.41. The number of Topliss-reactive ketones (excluding diaryl/α,β-unsaturated/α-hetero) is 1. The molecule has 5 heteroatoms. The fourth-order valence-corrected chi connectivity index (χ4v) is 3.24. The van der Waals surface area contributed by atoms with Gasteiger partial charge >= 0.3 is 0 Å². The maximum atomic E-state index is 13.2. The summed E-state index contributed by atoms with van der Waals surface area (Å²) >= 11 is 0. The van der Waals surface area contributed by atoms with Gasteiger partial charge in [-0.1, -0.05) is 24.3 Å². The van der Waals surface area contributed by atoms with Crippen LogP contribution in [0.4, 0.5) is 4.39 Å². The second-order valence-electron chi connectivity index (χ2n) is 6.91. The van der Waals surface area contributed by atoms with Gasteiger partial charge in [0.2, 0.25) is 5.91 Å². The van der Waals surface area contributed by atoms with Crippen LogP contribution >= 0.6 is 0 Å². The van der Waals surface area contributed by atoms with Gasteiger partial charge in [0.25, 0.3) is 0 Å². The van der Waals surface area contributed by atoms with Gasteiger partial charge in [0, 0.05) is 31.2 Å². The van der Waals surface area contributed by atoms with Gasteiger partial charge in [-0.15, -0.1) is 0 Å². The summed E-state index contributed by atoms with van der Waals surface area (Å²) in [6.45, 7) is 4.75. The summed E-state index contributed by atoms with van der Waals surface area (Å²) in [5.74, 6) is 0.285. The monoisotopic (exact) mass is 393 g/mol. The highest BCUT2D eigenvalue weighted by Gasteiger charge is 2.24. The molecule has 0 aliphatic carbocycles. The molecule has 1 fully saturated rings. The van der Waals surface area contributed by atoms with Crippen molar-refractivity contribution in [2.45, 2.75) is 20.3 Å². The zero-order valence-electron chi connectivity index (χ0n) is 16.7. The maximum absolute atomic E-state index is 13.2. The van der Waals surface area contributed by atoms with Crippen molar-refractivity contribution in [3.63, 3.8) is 0 Å². The molecule has 0 atom stereocenters. The quantitative estimate of drug-likeness (QED) is 0.718. The Labute approximate surface area is 170 Å². The molecule has 150 valence electrons. The Hall–Kier alpha value is -3.21. The number of likely N-dealkylation sites (tertiary alicyclic amines) is 1. The second-order valence-corrected chi connectivity index (χ2v) is 6.91. The molecule has 0 N–H and O–H groups in total. The zero-order valence-corrected chi connectivity index (χ0v) is 16.7. The van der Waals surface area contributed by atoms with E-state index in [1.54, 1.807) is 23.1 Å². The fraction of sp³-hybridized carbons (Fsp3) is 0.250. The summed E-state index contributed by atoms with van der Waals surface area (Å²) in [7, 11) is 0. The summed E-state index contributed by atoms with van der Waals surface area (Å²) in [5.41, 5.74) is 2.78. The predicted molar refractivity (Wildman–Crippen MR) is 112 cm³/mol. The van der Waals surface area contributed by atoms with Crippen molar-refractivity contribution in [3.05, 3.63) is 76.6 Å². The summed E-state index contributed by atoms with van der Waals surface area (Å²) in [5, 5.41) is 0. The van der Waals surface area contributed by atoms with Crippen LogP contribution in [0.1, 0.15) is 31.4 Å². The molecule has 0 aromatic heterocycles. The van der Waals surface area contributed by atoms with Gasteiger partial charge in [-0.25, -0.2) is 4.39 Å². The Kier molecular flexibility index (Phi) is 6.60. The van der Waals surface area contributed by atoms with Crippen LogP contribution in [0.2, 0.25) is 0 Å². The third-order valence-corrected chi connectivity index (χ3v) is 4.78. The Morgan fingerprint density at radius 3 is 2.21 bits per heavy atom. The number of hydrogen-bond acceptors (Lipinski definition) is 3. The summed E-state index contributed by atoms with van der Waals surface area (Å²) in [6, 6.07) is 13.5. The van der Waals surface area contributed by atoms with Gasteiger partial charge < -0.3 is 9.64 Å². The van der Waals surface area contributed by atoms with Crippen molar-refractivity contribution in [2.24, 2.45) is 0 Å². The largest absolute Gasteiger partial charge is 0.494 e. The van der Waals surface area contributed by atoms with Gasteiger partial charge in [-0.3, -0.25) is 9.59 Å². The van der Waals surface area contributed by atoms with E-state index in [0.717, 1.165) is 16.9 Å². The van der Waals surface area contributed by atoms with E-state index in [1.165, 1.54) is 19.1 Å². The third-order valence-electron chi connectivity index (χ3n) is 4.78. The minimum Gasteiger partial charge on any atom is -0.494 e. The van der Waals surface area contributed by atoms with Crippen molar-refractivity contribution < 1.29 is 18.7 Å². The molecule has 1 amide bonds. The van der Waals surface area contributed by atoms with Crippen LogP contribution in [0.15, 0.2) is 59.7 Å². The molecular formula is C24H24FNO3. The van der Waals surface area contributed by atoms with E-state index in [9.17, 15) is 14.0 Å². The molecule has 1 saturated heterocycles. The molecule has 29 heavy (non-hydrogen) atoms. The summed E-state index contributed by atoms with van der Waals surface area (Å²) in [6.07, 6.45) is 4.05. The Morgan fingerprint density at radius 2 is 1.62 bits per heavy atom. The number of halogens is 1.